The topological polar surface area (TPSA) is 26.0 Å². The third-order valence-electron chi connectivity index (χ3n) is 1.50. The molecule has 1 nitrogen and oxygen atoms in total. The van der Waals surface area contributed by atoms with E-state index >= 15 is 0 Å². The van der Waals surface area contributed by atoms with Crippen LogP contribution in [-0.2, 0) is 0 Å². The summed E-state index contributed by atoms with van der Waals surface area (Å²) in [4.78, 5) is 0. The minimum atomic E-state index is -0.472. The summed E-state index contributed by atoms with van der Waals surface area (Å²) in [7, 11) is 3.46. The van der Waals surface area contributed by atoms with Crippen molar-refractivity contribution in [3.05, 3.63) is 0 Å². The molecule has 0 aliphatic carbocycles. The minimum Gasteiger partial charge on any atom is -0.358 e. The molecule has 0 aromatic rings. The molecule has 0 radical (unpaired) electrons. The number of rotatable bonds is 0. The molecule has 36 valence electrons. The molecule has 0 saturated carbocycles. The molecule has 1 heterocycles. The minimum absolute atomic E-state index is 0.472. The summed E-state index contributed by atoms with van der Waals surface area (Å²) in [6.07, 6.45) is 0. The fraction of sp³-hybridized carbons (Fsp3) is 0. The third kappa shape index (κ3) is 1.01. The second-order valence-electron chi connectivity index (χ2n) is 2.51. The van der Waals surface area contributed by atoms with Crippen LogP contribution in [0.4, 0.5) is 0 Å². The van der Waals surface area contributed by atoms with Gasteiger partial charge in [-0.15, -0.1) is 0 Å². The van der Waals surface area contributed by atoms with Gasteiger partial charge < -0.3 is 5.40 Å². The lowest BCUT2D eigenvalue weighted by Crippen LogP contribution is -2.73. The molecular weight excluding hydrogens is 154 g/mol. The Kier molecular flexibility index (Phi) is 1.32. The smallest absolute Gasteiger partial charge is 0.0644 e. The Labute approximate surface area is 48.0 Å². The Balaban J connectivity index is 2.31. The van der Waals surface area contributed by atoms with E-state index in [2.05, 4.69) is 0 Å². The van der Waals surface area contributed by atoms with Crippen LogP contribution < -0.4 is 5.40 Å². The Morgan fingerprint density at radius 3 is 1.83 bits per heavy atom. The van der Waals surface area contributed by atoms with Gasteiger partial charge >= 0.3 is 0 Å². The molecule has 2 N–H and O–H groups in total. The van der Waals surface area contributed by atoms with Gasteiger partial charge in [0.05, 0.1) is 6.79 Å². The highest BCUT2D eigenvalue weighted by Gasteiger charge is 2.30. The maximum atomic E-state index is 5.98. The first kappa shape index (κ1) is 5.19. The molecule has 1 aliphatic heterocycles. The molecule has 1 fully saturated rings. The fourth-order valence-electron chi connectivity index (χ4n) is 0.734. The van der Waals surface area contributed by atoms with Gasteiger partial charge in [0, 0.05) is 26.9 Å². The Morgan fingerprint density at radius 1 is 1.50 bits per heavy atom. The Morgan fingerprint density at radius 2 is 1.83 bits per heavy atom. The van der Waals surface area contributed by atoms with Crippen molar-refractivity contribution in [2.75, 3.05) is 0 Å². The van der Waals surface area contributed by atoms with E-state index in [9.17, 15) is 0 Å². The maximum Gasteiger partial charge on any atom is 0.0644 e. The van der Waals surface area contributed by atoms with E-state index in [0.29, 0.717) is 17.1 Å². The van der Waals surface area contributed by atoms with E-state index in [1.807, 2.05) is 0 Å². The van der Waals surface area contributed by atoms with Crippen molar-refractivity contribution in [1.29, 1.82) is 0 Å². The average molecular weight is 166 g/mol. The largest absolute Gasteiger partial charge is 0.358 e. The molecule has 0 unspecified atom stereocenters. The molecule has 6 heteroatoms. The summed E-state index contributed by atoms with van der Waals surface area (Å²) in [6, 6.07) is 0. The normalized spacial score (nSPS) is 57.5. The SMILES string of the molecule is N[Si]1([SiH3])[SiH2][SiH2][SiH2]1. The predicted octanol–water partition coefficient (Wildman–Crippen LogP) is -4.90. The highest BCUT2D eigenvalue weighted by atomic mass is 30.2. The molecule has 1 saturated heterocycles. The zero-order valence-electron chi connectivity index (χ0n) is 4.20. The second-order valence-corrected chi connectivity index (χ2v) is 55.2. The van der Waals surface area contributed by atoms with Crippen LogP contribution in [0, 0.1) is 0 Å². The highest BCUT2D eigenvalue weighted by Crippen LogP contribution is 1.87. The van der Waals surface area contributed by atoms with Crippen molar-refractivity contribution in [3.63, 3.8) is 0 Å². The van der Waals surface area contributed by atoms with Crippen molar-refractivity contribution >= 4 is 42.2 Å². The van der Waals surface area contributed by atoms with Gasteiger partial charge in [0.1, 0.15) is 0 Å². The standard InChI is InChI=1S/H11NSi5/c1-6(2)4-3-5-6/h1,3-5H2,2H3. The van der Waals surface area contributed by atoms with E-state index < -0.39 is 6.79 Å². The quantitative estimate of drug-likeness (QED) is 0.358. The summed E-state index contributed by atoms with van der Waals surface area (Å²) in [5.41, 5.74) is 0. The van der Waals surface area contributed by atoms with Crippen molar-refractivity contribution < 1.29 is 0 Å². The van der Waals surface area contributed by atoms with Crippen LogP contribution in [-0.4, -0.2) is 42.2 Å². The van der Waals surface area contributed by atoms with Crippen molar-refractivity contribution in [1.82, 2.24) is 0 Å². The zero-order chi connectivity index (χ0) is 4.62. The van der Waals surface area contributed by atoms with Crippen molar-refractivity contribution in [2.24, 2.45) is 5.40 Å². The molecule has 0 spiro atoms. The van der Waals surface area contributed by atoms with Crippen LogP contribution in [0.5, 0.6) is 0 Å². The van der Waals surface area contributed by atoms with E-state index in [4.69, 9.17) is 5.40 Å². The molecule has 0 bridgehead atoms. The molecule has 0 aromatic heterocycles. The van der Waals surface area contributed by atoms with Gasteiger partial charge in [-0.1, -0.05) is 0 Å². The fourth-order valence-corrected chi connectivity index (χ4v) is 117. The lowest BCUT2D eigenvalue weighted by atomic mass is 13.9. The summed E-state index contributed by atoms with van der Waals surface area (Å²) in [5.74, 6) is 0. The van der Waals surface area contributed by atoms with Gasteiger partial charge in [0.15, 0.2) is 0 Å². The van der Waals surface area contributed by atoms with Crippen LogP contribution in [0.1, 0.15) is 0 Å². The van der Waals surface area contributed by atoms with E-state index in [1.165, 1.54) is 9.76 Å². The number of hydrogen-bond acceptors (Lipinski definition) is 1. The lowest BCUT2D eigenvalue weighted by Gasteiger charge is -2.29. The molecule has 6 heavy (non-hydrogen) atoms. The first-order valence-corrected chi connectivity index (χ1v) is 20.7. The van der Waals surface area contributed by atoms with Gasteiger partial charge in [-0.25, -0.2) is 0 Å². The van der Waals surface area contributed by atoms with Gasteiger partial charge in [-0.2, -0.15) is 0 Å². The summed E-state index contributed by atoms with van der Waals surface area (Å²) < 4.78 is 0. The summed E-state index contributed by atoms with van der Waals surface area (Å²) in [6.45, 7) is -0.472. The Hall–Kier alpha value is 1.04. The molecule has 1 aliphatic rings. The molecule has 0 atom stereocenters. The van der Waals surface area contributed by atoms with Crippen molar-refractivity contribution in [2.45, 2.75) is 0 Å². The van der Waals surface area contributed by atoms with E-state index in [1.54, 1.807) is 0 Å². The maximum absolute atomic E-state index is 5.98. The van der Waals surface area contributed by atoms with Crippen LogP contribution in [0.3, 0.4) is 0 Å². The van der Waals surface area contributed by atoms with E-state index in [0.717, 1.165) is 8.55 Å². The van der Waals surface area contributed by atoms with Gasteiger partial charge in [-0.3, -0.25) is 0 Å². The number of nitrogens with two attached hydrogens (primary N) is 1. The van der Waals surface area contributed by atoms with Crippen LogP contribution in [0.25, 0.3) is 0 Å². The molecule has 0 aromatic carbocycles. The molecule has 0 amide bonds. The van der Waals surface area contributed by atoms with Gasteiger partial charge in [0.25, 0.3) is 0 Å². The molecule has 1 rings (SSSR count). The van der Waals surface area contributed by atoms with Crippen LogP contribution >= 0.6 is 0 Å². The highest BCUT2D eigenvalue weighted by molar-refractivity contribution is 7.95. The van der Waals surface area contributed by atoms with Gasteiger partial charge in [-0.05, 0) is 8.55 Å². The number of hydrogen-bond donors (Lipinski definition) is 1. The van der Waals surface area contributed by atoms with Gasteiger partial charge in [0.2, 0.25) is 0 Å². The first-order valence-electron chi connectivity index (χ1n) is 2.50. The third-order valence-corrected chi connectivity index (χ3v) is 106. The van der Waals surface area contributed by atoms with Crippen LogP contribution in [0.15, 0.2) is 0 Å². The second kappa shape index (κ2) is 1.52. The average Bonchev–Trinajstić information content (AvgIpc) is 1.32. The monoisotopic (exact) mass is 165 g/mol. The summed E-state index contributed by atoms with van der Waals surface area (Å²) >= 11 is 0. The molecular formula is H11NSi5. The van der Waals surface area contributed by atoms with E-state index in [-0.39, 0.29) is 0 Å². The summed E-state index contributed by atoms with van der Waals surface area (Å²) in [5, 5.41) is 5.98. The zero-order valence-corrected chi connectivity index (χ0v) is 11.4. The van der Waals surface area contributed by atoms with Crippen LogP contribution in [0.2, 0.25) is 0 Å². The van der Waals surface area contributed by atoms with Crippen molar-refractivity contribution in [3.8, 4) is 0 Å². The first-order chi connectivity index (χ1) is 2.71. The lowest BCUT2D eigenvalue weighted by molar-refractivity contribution is 1.93. The predicted molar refractivity (Wildman–Crippen MR) is 45.5 cm³/mol. The Bertz CT molecular complexity index is 51.0.